The molecule has 0 bridgehead atoms. The van der Waals surface area contributed by atoms with Crippen LogP contribution in [0.15, 0.2) is 6.20 Å². The van der Waals surface area contributed by atoms with Gasteiger partial charge in [0.2, 0.25) is 0 Å². The predicted octanol–water partition coefficient (Wildman–Crippen LogP) is 0.449. The number of nitrogens with one attached hydrogen (secondary N) is 1. The molecule has 2 rings (SSSR count). The SMILES string of the molecule is COC(C(=O)O)C1(c2cn[nH]c2[N+](=O)[O-])CC1. The van der Waals surface area contributed by atoms with E-state index in [4.69, 9.17) is 9.84 Å². The largest absolute Gasteiger partial charge is 0.479 e. The highest BCUT2D eigenvalue weighted by molar-refractivity contribution is 5.76. The van der Waals surface area contributed by atoms with E-state index in [1.54, 1.807) is 0 Å². The van der Waals surface area contributed by atoms with Crippen LogP contribution >= 0.6 is 0 Å². The number of hydrogen-bond donors (Lipinski definition) is 2. The van der Waals surface area contributed by atoms with E-state index in [1.807, 2.05) is 0 Å². The molecule has 0 aromatic carbocycles. The second kappa shape index (κ2) is 3.81. The third kappa shape index (κ3) is 1.66. The Morgan fingerprint density at radius 1 is 1.76 bits per heavy atom. The Labute approximate surface area is 95.7 Å². The summed E-state index contributed by atoms with van der Waals surface area (Å²) in [6.07, 6.45) is 1.30. The summed E-state index contributed by atoms with van der Waals surface area (Å²) < 4.78 is 4.93. The number of methoxy groups -OCH3 is 1. The standard InChI is InChI=1S/C9H11N3O5/c1-17-6(8(13)14)9(2-3-9)5-4-10-11-7(5)12(15)16/h4,6H,2-3H2,1H3,(H,10,11)(H,13,14). The number of carbonyl (C=O) groups is 1. The molecule has 1 aliphatic rings. The van der Waals surface area contributed by atoms with Gasteiger partial charge in [0.1, 0.15) is 0 Å². The quantitative estimate of drug-likeness (QED) is 0.570. The summed E-state index contributed by atoms with van der Waals surface area (Å²) in [5.41, 5.74) is -0.521. The molecule has 1 fully saturated rings. The van der Waals surface area contributed by atoms with Gasteiger partial charge in [-0.25, -0.2) is 4.79 Å². The number of nitro groups is 1. The number of aromatic nitrogens is 2. The van der Waals surface area contributed by atoms with Crippen molar-refractivity contribution < 1.29 is 19.6 Å². The maximum atomic E-state index is 11.1. The minimum atomic E-state index is -1.12. The number of aliphatic carboxylic acids is 1. The lowest BCUT2D eigenvalue weighted by molar-refractivity contribution is -0.390. The second-order valence-electron chi connectivity index (χ2n) is 4.00. The third-order valence-electron chi connectivity index (χ3n) is 3.09. The van der Waals surface area contributed by atoms with Crippen LogP contribution in [0.1, 0.15) is 18.4 Å². The van der Waals surface area contributed by atoms with E-state index in [-0.39, 0.29) is 5.82 Å². The maximum absolute atomic E-state index is 11.1. The summed E-state index contributed by atoms with van der Waals surface area (Å²) in [4.78, 5) is 21.3. The second-order valence-corrected chi connectivity index (χ2v) is 4.00. The van der Waals surface area contributed by atoms with E-state index in [9.17, 15) is 14.9 Å². The van der Waals surface area contributed by atoms with E-state index in [0.717, 1.165) is 0 Å². The first-order chi connectivity index (χ1) is 8.03. The van der Waals surface area contributed by atoms with Gasteiger partial charge in [-0.15, -0.1) is 5.10 Å². The third-order valence-corrected chi connectivity index (χ3v) is 3.09. The van der Waals surface area contributed by atoms with Crippen LogP contribution in [-0.2, 0) is 14.9 Å². The van der Waals surface area contributed by atoms with Crippen molar-refractivity contribution in [1.82, 2.24) is 10.2 Å². The molecule has 1 aromatic heterocycles. The van der Waals surface area contributed by atoms with E-state index in [1.165, 1.54) is 13.3 Å². The van der Waals surface area contributed by atoms with Gasteiger partial charge in [-0.2, -0.15) is 0 Å². The Morgan fingerprint density at radius 3 is 2.82 bits per heavy atom. The van der Waals surface area contributed by atoms with E-state index >= 15 is 0 Å². The van der Waals surface area contributed by atoms with Gasteiger partial charge in [0, 0.05) is 12.5 Å². The maximum Gasteiger partial charge on any atom is 0.346 e. The van der Waals surface area contributed by atoms with Crippen molar-refractivity contribution in [2.45, 2.75) is 24.4 Å². The van der Waals surface area contributed by atoms with Gasteiger partial charge in [-0.05, 0) is 17.8 Å². The van der Waals surface area contributed by atoms with Gasteiger partial charge in [0.15, 0.2) is 6.10 Å². The molecule has 1 aromatic rings. The van der Waals surface area contributed by atoms with E-state index in [2.05, 4.69) is 10.2 Å². The number of H-pyrrole nitrogens is 1. The van der Waals surface area contributed by atoms with Crippen LogP contribution in [0.5, 0.6) is 0 Å². The molecule has 8 nitrogen and oxygen atoms in total. The number of hydrogen-bond acceptors (Lipinski definition) is 5. The van der Waals surface area contributed by atoms with Crippen molar-refractivity contribution in [2.75, 3.05) is 7.11 Å². The lowest BCUT2D eigenvalue weighted by atomic mass is 9.91. The van der Waals surface area contributed by atoms with Crippen LogP contribution in [0.2, 0.25) is 0 Å². The summed E-state index contributed by atoms with van der Waals surface area (Å²) >= 11 is 0. The smallest absolute Gasteiger partial charge is 0.346 e. The molecule has 0 amide bonds. The average molecular weight is 241 g/mol. The van der Waals surface area contributed by atoms with Crippen LogP contribution in [0.4, 0.5) is 5.82 Å². The minimum Gasteiger partial charge on any atom is -0.479 e. The zero-order valence-corrected chi connectivity index (χ0v) is 9.04. The van der Waals surface area contributed by atoms with Crippen molar-refractivity contribution in [3.63, 3.8) is 0 Å². The van der Waals surface area contributed by atoms with Gasteiger partial charge in [0.25, 0.3) is 0 Å². The fourth-order valence-corrected chi connectivity index (χ4v) is 2.15. The molecule has 0 saturated heterocycles. The average Bonchev–Trinajstić information content (AvgIpc) is 2.88. The summed E-state index contributed by atoms with van der Waals surface area (Å²) in [6.45, 7) is 0. The molecule has 1 heterocycles. The number of rotatable bonds is 5. The Morgan fingerprint density at radius 2 is 2.41 bits per heavy atom. The van der Waals surface area contributed by atoms with Crippen LogP contribution < -0.4 is 0 Å². The Hall–Kier alpha value is -1.96. The van der Waals surface area contributed by atoms with Crippen LogP contribution in [0.3, 0.4) is 0 Å². The molecule has 0 radical (unpaired) electrons. The molecule has 2 N–H and O–H groups in total. The van der Waals surface area contributed by atoms with Gasteiger partial charge in [0.05, 0.1) is 11.8 Å². The fraction of sp³-hybridized carbons (Fsp3) is 0.556. The molecule has 1 atom stereocenters. The van der Waals surface area contributed by atoms with Gasteiger partial charge < -0.3 is 20.0 Å². The monoisotopic (exact) mass is 241 g/mol. The van der Waals surface area contributed by atoms with Crippen LogP contribution in [-0.4, -0.2) is 39.4 Å². The molecular weight excluding hydrogens is 230 g/mol. The molecule has 17 heavy (non-hydrogen) atoms. The summed E-state index contributed by atoms with van der Waals surface area (Å²) in [5.74, 6) is -1.38. The predicted molar refractivity (Wildman–Crippen MR) is 54.6 cm³/mol. The topological polar surface area (TPSA) is 118 Å². The van der Waals surface area contributed by atoms with E-state index in [0.29, 0.717) is 18.4 Å². The van der Waals surface area contributed by atoms with E-state index < -0.39 is 22.4 Å². The first-order valence-corrected chi connectivity index (χ1v) is 4.97. The van der Waals surface area contributed by atoms with Crippen molar-refractivity contribution in [3.8, 4) is 0 Å². The summed E-state index contributed by atoms with van der Waals surface area (Å²) in [6, 6.07) is 0. The minimum absolute atomic E-state index is 0.259. The Bertz CT molecular complexity index is 465. The number of aromatic amines is 1. The zero-order valence-electron chi connectivity index (χ0n) is 9.04. The van der Waals surface area contributed by atoms with Gasteiger partial charge in [-0.1, -0.05) is 5.10 Å². The number of carboxylic acid groups (broad SMARTS) is 1. The molecular formula is C9H11N3O5. The first kappa shape index (κ1) is 11.5. The molecule has 0 spiro atoms. The molecule has 1 unspecified atom stereocenters. The lowest BCUT2D eigenvalue weighted by Gasteiger charge is -2.20. The molecule has 1 aliphatic carbocycles. The van der Waals surface area contributed by atoms with Crippen molar-refractivity contribution >= 4 is 11.8 Å². The fourth-order valence-electron chi connectivity index (χ4n) is 2.15. The summed E-state index contributed by atoms with van der Waals surface area (Å²) in [7, 11) is 1.28. The lowest BCUT2D eigenvalue weighted by Crippen LogP contribution is -2.36. The number of carboxylic acids is 1. The molecule has 0 aliphatic heterocycles. The van der Waals surface area contributed by atoms with Crippen molar-refractivity contribution in [3.05, 3.63) is 21.9 Å². The normalized spacial score (nSPS) is 18.6. The zero-order chi connectivity index (χ0) is 12.6. The Balaban J connectivity index is 2.41. The van der Waals surface area contributed by atoms with Crippen LogP contribution in [0.25, 0.3) is 0 Å². The highest BCUT2D eigenvalue weighted by atomic mass is 16.6. The molecule has 1 saturated carbocycles. The Kier molecular flexibility index (Phi) is 2.58. The van der Waals surface area contributed by atoms with Crippen molar-refractivity contribution in [2.24, 2.45) is 0 Å². The molecule has 92 valence electrons. The summed E-state index contributed by atoms with van der Waals surface area (Å²) in [5, 5.41) is 25.7. The molecule has 8 heteroatoms. The van der Waals surface area contributed by atoms with Crippen molar-refractivity contribution in [1.29, 1.82) is 0 Å². The highest BCUT2D eigenvalue weighted by Gasteiger charge is 2.58. The number of nitrogens with zero attached hydrogens (tertiary/aromatic N) is 2. The van der Waals surface area contributed by atoms with Gasteiger partial charge >= 0.3 is 11.8 Å². The highest BCUT2D eigenvalue weighted by Crippen LogP contribution is 2.54. The van der Waals surface area contributed by atoms with Crippen LogP contribution in [0, 0.1) is 10.1 Å². The first-order valence-electron chi connectivity index (χ1n) is 4.97. The van der Waals surface area contributed by atoms with Gasteiger partial charge in [-0.3, -0.25) is 0 Å². The number of ether oxygens (including phenoxy) is 1.